The summed E-state index contributed by atoms with van der Waals surface area (Å²) in [7, 11) is 0. The zero-order valence-electron chi connectivity index (χ0n) is 12.2. The highest BCUT2D eigenvalue weighted by molar-refractivity contribution is 4.81. The molecular weight excluding hydrogens is 226 g/mol. The molecule has 0 spiro atoms. The Morgan fingerprint density at radius 2 is 2.06 bits per heavy atom. The van der Waals surface area contributed by atoms with Crippen molar-refractivity contribution in [3.05, 3.63) is 0 Å². The van der Waals surface area contributed by atoms with E-state index in [1.54, 1.807) is 0 Å². The van der Waals surface area contributed by atoms with Crippen LogP contribution in [-0.2, 0) is 4.74 Å². The lowest BCUT2D eigenvalue weighted by molar-refractivity contribution is 0.0994. The van der Waals surface area contributed by atoms with Gasteiger partial charge >= 0.3 is 0 Å². The van der Waals surface area contributed by atoms with E-state index in [-0.39, 0.29) is 12.1 Å². The van der Waals surface area contributed by atoms with Gasteiger partial charge in [-0.25, -0.2) is 0 Å². The zero-order chi connectivity index (χ0) is 13.3. The smallest absolute Gasteiger partial charge is 0.0610 e. The molecule has 0 radical (unpaired) electrons. The van der Waals surface area contributed by atoms with Crippen molar-refractivity contribution in [2.45, 2.75) is 64.3 Å². The Morgan fingerprint density at radius 3 is 2.61 bits per heavy atom. The molecule has 108 valence electrons. The van der Waals surface area contributed by atoms with Crippen LogP contribution < -0.4 is 5.32 Å². The second-order valence-corrected chi connectivity index (χ2v) is 5.90. The Balaban J connectivity index is 1.90. The number of aliphatic hydroxyl groups excluding tert-OH is 1. The largest absolute Gasteiger partial charge is 0.394 e. The van der Waals surface area contributed by atoms with Crippen LogP contribution in [0.25, 0.3) is 0 Å². The number of hydrogen-bond acceptors (Lipinski definition) is 3. The lowest BCUT2D eigenvalue weighted by atomic mass is 9.83. The summed E-state index contributed by atoms with van der Waals surface area (Å²) in [6.07, 6.45) is 8.75. The van der Waals surface area contributed by atoms with Crippen LogP contribution in [0.3, 0.4) is 0 Å². The van der Waals surface area contributed by atoms with Crippen molar-refractivity contribution in [1.82, 2.24) is 5.32 Å². The topological polar surface area (TPSA) is 41.5 Å². The number of nitrogens with one attached hydrogen (secondary N) is 1. The highest BCUT2D eigenvalue weighted by atomic mass is 16.5. The highest BCUT2D eigenvalue weighted by Gasteiger charge is 2.20. The molecule has 1 atom stereocenters. The van der Waals surface area contributed by atoms with E-state index in [2.05, 4.69) is 19.2 Å². The highest BCUT2D eigenvalue weighted by Crippen LogP contribution is 2.29. The fraction of sp³-hybridized carbons (Fsp3) is 1.00. The van der Waals surface area contributed by atoms with Crippen LogP contribution in [0.2, 0.25) is 0 Å². The Hall–Kier alpha value is -0.120. The molecule has 0 bridgehead atoms. The first kappa shape index (κ1) is 15.9. The summed E-state index contributed by atoms with van der Waals surface area (Å²) < 4.78 is 5.67. The predicted molar refractivity (Wildman–Crippen MR) is 75.8 cm³/mol. The quantitative estimate of drug-likeness (QED) is 0.559. The lowest BCUT2D eigenvalue weighted by Gasteiger charge is -2.28. The minimum atomic E-state index is -0.110. The van der Waals surface area contributed by atoms with Crippen LogP contribution in [0, 0.1) is 5.92 Å². The van der Waals surface area contributed by atoms with Gasteiger partial charge in [-0.15, -0.1) is 0 Å². The van der Waals surface area contributed by atoms with Crippen molar-refractivity contribution in [2.24, 2.45) is 5.92 Å². The minimum Gasteiger partial charge on any atom is -0.394 e. The standard InChI is InChI=1S/C15H31NO2/c1-3-16-15(2,13-17)10-4-5-11-18-12-9-14-7-6-8-14/h14,16-17H,3-13H2,1-2H3. The molecule has 1 rings (SSSR count). The van der Waals surface area contributed by atoms with Gasteiger partial charge in [-0.05, 0) is 45.1 Å². The first-order valence-corrected chi connectivity index (χ1v) is 7.64. The molecule has 0 saturated heterocycles. The summed E-state index contributed by atoms with van der Waals surface area (Å²) >= 11 is 0. The van der Waals surface area contributed by atoms with Crippen LogP contribution in [-0.4, -0.2) is 37.0 Å². The van der Waals surface area contributed by atoms with Gasteiger partial charge in [-0.1, -0.05) is 26.2 Å². The van der Waals surface area contributed by atoms with E-state index in [9.17, 15) is 5.11 Å². The molecule has 0 aromatic carbocycles. The van der Waals surface area contributed by atoms with Crippen molar-refractivity contribution in [3.63, 3.8) is 0 Å². The van der Waals surface area contributed by atoms with E-state index in [4.69, 9.17) is 4.74 Å². The van der Waals surface area contributed by atoms with E-state index in [1.807, 2.05) is 0 Å². The Morgan fingerprint density at radius 1 is 1.28 bits per heavy atom. The molecule has 1 fully saturated rings. The summed E-state index contributed by atoms with van der Waals surface area (Å²) in [5.74, 6) is 0.955. The molecular formula is C15H31NO2. The van der Waals surface area contributed by atoms with E-state index in [0.29, 0.717) is 0 Å². The molecule has 0 aromatic heterocycles. The van der Waals surface area contributed by atoms with Crippen LogP contribution >= 0.6 is 0 Å². The SMILES string of the molecule is CCNC(C)(CO)CCCCOCCC1CCC1. The van der Waals surface area contributed by atoms with Crippen molar-refractivity contribution in [1.29, 1.82) is 0 Å². The molecule has 0 aliphatic heterocycles. The monoisotopic (exact) mass is 257 g/mol. The summed E-state index contributed by atoms with van der Waals surface area (Å²) in [6.45, 7) is 7.11. The zero-order valence-corrected chi connectivity index (χ0v) is 12.2. The number of likely N-dealkylation sites (N-methyl/N-ethyl adjacent to an activating group) is 1. The third-order valence-electron chi connectivity index (χ3n) is 4.11. The van der Waals surface area contributed by atoms with Gasteiger partial charge in [0.05, 0.1) is 6.61 Å². The van der Waals surface area contributed by atoms with Gasteiger partial charge in [0, 0.05) is 18.8 Å². The Labute approximate surface area is 112 Å². The third-order valence-corrected chi connectivity index (χ3v) is 4.11. The van der Waals surface area contributed by atoms with E-state index in [0.717, 1.165) is 44.9 Å². The van der Waals surface area contributed by atoms with Crippen molar-refractivity contribution >= 4 is 0 Å². The number of aliphatic hydroxyl groups is 1. The molecule has 0 heterocycles. The fourth-order valence-corrected chi connectivity index (χ4v) is 2.50. The average molecular weight is 257 g/mol. The van der Waals surface area contributed by atoms with Gasteiger partial charge in [-0.3, -0.25) is 0 Å². The van der Waals surface area contributed by atoms with Crippen LogP contribution in [0.15, 0.2) is 0 Å². The second kappa shape index (κ2) is 8.89. The van der Waals surface area contributed by atoms with Gasteiger partial charge in [-0.2, -0.15) is 0 Å². The van der Waals surface area contributed by atoms with E-state index in [1.165, 1.54) is 25.7 Å². The molecule has 1 saturated carbocycles. The maximum absolute atomic E-state index is 9.36. The first-order valence-electron chi connectivity index (χ1n) is 7.64. The lowest BCUT2D eigenvalue weighted by Crippen LogP contribution is -2.45. The predicted octanol–water partition coefficient (Wildman–Crippen LogP) is 2.72. The van der Waals surface area contributed by atoms with Gasteiger partial charge in [0.2, 0.25) is 0 Å². The Kier molecular flexibility index (Phi) is 7.87. The van der Waals surface area contributed by atoms with Gasteiger partial charge in [0.15, 0.2) is 0 Å². The third kappa shape index (κ3) is 6.17. The molecule has 18 heavy (non-hydrogen) atoms. The summed E-state index contributed by atoms with van der Waals surface area (Å²) in [6, 6.07) is 0. The van der Waals surface area contributed by atoms with Crippen LogP contribution in [0.5, 0.6) is 0 Å². The summed E-state index contributed by atoms with van der Waals surface area (Å²) in [5.41, 5.74) is -0.110. The number of hydrogen-bond donors (Lipinski definition) is 2. The minimum absolute atomic E-state index is 0.110. The maximum Gasteiger partial charge on any atom is 0.0610 e. The normalized spacial score (nSPS) is 19.5. The van der Waals surface area contributed by atoms with Gasteiger partial charge < -0.3 is 15.2 Å². The summed E-state index contributed by atoms with van der Waals surface area (Å²) in [5, 5.41) is 12.7. The first-order chi connectivity index (χ1) is 8.70. The molecule has 2 N–H and O–H groups in total. The molecule has 1 unspecified atom stereocenters. The van der Waals surface area contributed by atoms with E-state index >= 15 is 0 Å². The van der Waals surface area contributed by atoms with Gasteiger partial charge in [0.1, 0.15) is 0 Å². The van der Waals surface area contributed by atoms with Crippen LogP contribution in [0.4, 0.5) is 0 Å². The number of ether oxygens (including phenoxy) is 1. The average Bonchev–Trinajstić information content (AvgIpc) is 2.30. The summed E-state index contributed by atoms with van der Waals surface area (Å²) in [4.78, 5) is 0. The van der Waals surface area contributed by atoms with Crippen LogP contribution in [0.1, 0.15) is 58.8 Å². The number of rotatable bonds is 11. The molecule has 0 aromatic rings. The molecule has 1 aliphatic carbocycles. The molecule has 3 heteroatoms. The van der Waals surface area contributed by atoms with Crippen molar-refractivity contribution in [3.8, 4) is 0 Å². The van der Waals surface area contributed by atoms with Crippen molar-refractivity contribution < 1.29 is 9.84 Å². The molecule has 3 nitrogen and oxygen atoms in total. The molecule has 1 aliphatic rings. The maximum atomic E-state index is 9.36. The number of unbranched alkanes of at least 4 members (excludes halogenated alkanes) is 1. The second-order valence-electron chi connectivity index (χ2n) is 5.90. The Bertz CT molecular complexity index is 207. The van der Waals surface area contributed by atoms with Gasteiger partial charge in [0.25, 0.3) is 0 Å². The molecule has 0 amide bonds. The fourth-order valence-electron chi connectivity index (χ4n) is 2.50. The van der Waals surface area contributed by atoms with Crippen molar-refractivity contribution in [2.75, 3.05) is 26.4 Å². The van der Waals surface area contributed by atoms with E-state index < -0.39 is 0 Å².